The van der Waals surface area contributed by atoms with Crippen molar-refractivity contribution in [1.82, 2.24) is 5.32 Å². The van der Waals surface area contributed by atoms with Crippen molar-refractivity contribution >= 4 is 0 Å². The lowest BCUT2D eigenvalue weighted by Crippen LogP contribution is -2.04. The van der Waals surface area contributed by atoms with Gasteiger partial charge in [0.2, 0.25) is 0 Å². The average Bonchev–Trinajstić information content (AvgIpc) is 2.85. The van der Waals surface area contributed by atoms with Crippen molar-refractivity contribution in [2.24, 2.45) is 0 Å². The lowest BCUT2D eigenvalue weighted by Gasteiger charge is -2.07. The molecule has 21 heavy (non-hydrogen) atoms. The van der Waals surface area contributed by atoms with E-state index in [1.807, 2.05) is 44.3 Å². The largest absolute Gasteiger partial charge is 0.494 e. The van der Waals surface area contributed by atoms with Gasteiger partial charge in [0.1, 0.15) is 29.6 Å². The molecule has 2 aromatic rings. The first-order valence-electron chi connectivity index (χ1n) is 7.31. The van der Waals surface area contributed by atoms with E-state index in [1.54, 1.807) is 0 Å². The van der Waals surface area contributed by atoms with Crippen LogP contribution in [0.15, 0.2) is 34.7 Å². The van der Waals surface area contributed by atoms with Gasteiger partial charge in [-0.3, -0.25) is 0 Å². The van der Waals surface area contributed by atoms with Crippen molar-refractivity contribution in [3.63, 3.8) is 0 Å². The molecule has 0 fully saturated rings. The topological polar surface area (TPSA) is 43.6 Å². The summed E-state index contributed by atoms with van der Waals surface area (Å²) in [4.78, 5) is 0. The minimum absolute atomic E-state index is 0.430. The number of nitrogens with one attached hydrogen (secondary N) is 1. The minimum Gasteiger partial charge on any atom is -0.494 e. The van der Waals surface area contributed by atoms with Crippen LogP contribution in [0.4, 0.5) is 0 Å². The first-order valence-corrected chi connectivity index (χ1v) is 7.31. The van der Waals surface area contributed by atoms with Gasteiger partial charge in [-0.15, -0.1) is 0 Å². The molecule has 1 heterocycles. The summed E-state index contributed by atoms with van der Waals surface area (Å²) in [7, 11) is 1.92. The highest BCUT2D eigenvalue weighted by Gasteiger charge is 2.07. The van der Waals surface area contributed by atoms with Gasteiger partial charge < -0.3 is 19.2 Å². The Morgan fingerprint density at radius 2 is 1.76 bits per heavy atom. The summed E-state index contributed by atoms with van der Waals surface area (Å²) in [5.41, 5.74) is 1.17. The van der Waals surface area contributed by atoms with E-state index in [9.17, 15) is 0 Å². The van der Waals surface area contributed by atoms with Gasteiger partial charge in [0.05, 0.1) is 6.61 Å². The van der Waals surface area contributed by atoms with Gasteiger partial charge in [-0.25, -0.2) is 0 Å². The number of aryl methyl sites for hydroxylation is 1. The second-order valence-corrected chi connectivity index (χ2v) is 4.93. The van der Waals surface area contributed by atoms with E-state index in [4.69, 9.17) is 13.9 Å². The van der Waals surface area contributed by atoms with E-state index in [0.717, 1.165) is 42.6 Å². The molecule has 0 atom stereocenters. The Labute approximate surface area is 126 Å². The predicted molar refractivity (Wildman–Crippen MR) is 82.8 cm³/mol. The summed E-state index contributed by atoms with van der Waals surface area (Å²) in [6.07, 6.45) is 1.01. The number of hydrogen-bond acceptors (Lipinski definition) is 4. The molecule has 0 unspecified atom stereocenters. The zero-order valence-electron chi connectivity index (χ0n) is 12.9. The molecular weight excluding hydrogens is 266 g/mol. The Morgan fingerprint density at radius 3 is 2.38 bits per heavy atom. The summed E-state index contributed by atoms with van der Waals surface area (Å²) in [5, 5.41) is 3.12. The molecule has 0 aliphatic rings. The highest BCUT2D eigenvalue weighted by atomic mass is 16.5. The van der Waals surface area contributed by atoms with Crippen LogP contribution in [0, 0.1) is 6.92 Å². The average molecular weight is 289 g/mol. The van der Waals surface area contributed by atoms with E-state index < -0.39 is 0 Å². The fraction of sp³-hybridized carbons (Fsp3) is 0.412. The molecule has 1 N–H and O–H groups in total. The maximum Gasteiger partial charge on any atom is 0.146 e. The molecule has 0 radical (unpaired) electrons. The zero-order valence-corrected chi connectivity index (χ0v) is 12.9. The van der Waals surface area contributed by atoms with Gasteiger partial charge in [0.25, 0.3) is 0 Å². The summed E-state index contributed by atoms with van der Waals surface area (Å²) in [6, 6.07) is 9.70. The first-order chi connectivity index (χ1) is 10.2. The van der Waals surface area contributed by atoms with Crippen LogP contribution in [-0.4, -0.2) is 13.7 Å². The van der Waals surface area contributed by atoms with Crippen LogP contribution in [0.3, 0.4) is 0 Å². The molecular formula is C17H23NO3. The fourth-order valence-corrected chi connectivity index (χ4v) is 2.03. The van der Waals surface area contributed by atoms with Crippen molar-refractivity contribution in [2.75, 3.05) is 13.7 Å². The van der Waals surface area contributed by atoms with Gasteiger partial charge in [0, 0.05) is 12.1 Å². The minimum atomic E-state index is 0.430. The number of benzene rings is 1. The molecule has 1 aromatic heterocycles. The maximum atomic E-state index is 5.73. The van der Waals surface area contributed by atoms with Crippen LogP contribution < -0.4 is 14.8 Å². The Kier molecular flexibility index (Phi) is 5.69. The lowest BCUT2D eigenvalue weighted by atomic mass is 10.2. The summed E-state index contributed by atoms with van der Waals surface area (Å²) in [5.74, 6) is 3.45. The Morgan fingerprint density at radius 1 is 1.10 bits per heavy atom. The lowest BCUT2D eigenvalue weighted by molar-refractivity contribution is 0.266. The zero-order chi connectivity index (χ0) is 15.1. The number of rotatable bonds is 8. The molecule has 0 aliphatic carbocycles. The summed E-state index contributed by atoms with van der Waals surface area (Å²) >= 11 is 0. The second-order valence-electron chi connectivity index (χ2n) is 4.93. The van der Waals surface area contributed by atoms with Crippen molar-refractivity contribution in [2.45, 2.75) is 33.4 Å². The fourth-order valence-electron chi connectivity index (χ4n) is 2.03. The number of furan rings is 1. The normalized spacial score (nSPS) is 10.6. The van der Waals surface area contributed by atoms with Crippen LogP contribution >= 0.6 is 0 Å². The van der Waals surface area contributed by atoms with Crippen molar-refractivity contribution in [3.8, 4) is 11.5 Å². The third kappa shape index (κ3) is 4.53. The Hall–Kier alpha value is -1.94. The number of ether oxygens (including phenoxy) is 2. The van der Waals surface area contributed by atoms with Crippen LogP contribution in [0.25, 0.3) is 0 Å². The molecule has 0 saturated heterocycles. The van der Waals surface area contributed by atoms with Crippen molar-refractivity contribution < 1.29 is 13.9 Å². The maximum absolute atomic E-state index is 5.73. The molecule has 114 valence electrons. The van der Waals surface area contributed by atoms with Crippen molar-refractivity contribution in [3.05, 3.63) is 47.4 Å². The van der Waals surface area contributed by atoms with E-state index in [1.165, 1.54) is 5.56 Å². The quantitative estimate of drug-likeness (QED) is 0.805. The van der Waals surface area contributed by atoms with Gasteiger partial charge in [0.15, 0.2) is 0 Å². The van der Waals surface area contributed by atoms with E-state index in [0.29, 0.717) is 6.61 Å². The van der Waals surface area contributed by atoms with E-state index >= 15 is 0 Å². The summed E-state index contributed by atoms with van der Waals surface area (Å²) in [6.45, 7) is 6.03. The molecule has 1 aromatic carbocycles. The van der Waals surface area contributed by atoms with E-state index in [2.05, 4.69) is 12.2 Å². The van der Waals surface area contributed by atoms with Crippen LogP contribution in [0.5, 0.6) is 11.5 Å². The van der Waals surface area contributed by atoms with Gasteiger partial charge in [-0.1, -0.05) is 6.92 Å². The monoisotopic (exact) mass is 289 g/mol. The molecule has 4 heteroatoms. The molecule has 0 amide bonds. The highest BCUT2D eigenvalue weighted by Crippen LogP contribution is 2.20. The molecule has 2 rings (SSSR count). The van der Waals surface area contributed by atoms with Crippen LogP contribution in [-0.2, 0) is 13.2 Å². The van der Waals surface area contributed by atoms with Gasteiger partial charge >= 0.3 is 0 Å². The third-order valence-electron chi connectivity index (χ3n) is 3.12. The SMILES string of the molecule is CCCOc1ccc(OCc2cc(CNC)c(C)o2)cc1. The molecule has 4 nitrogen and oxygen atoms in total. The first kappa shape index (κ1) is 15.4. The second kappa shape index (κ2) is 7.74. The predicted octanol–water partition coefficient (Wildman–Crippen LogP) is 3.68. The number of hydrogen-bond donors (Lipinski definition) is 1. The standard InChI is InChI=1S/C17H23NO3/c1-4-9-19-15-5-7-16(8-6-15)20-12-17-10-14(11-18-3)13(2)21-17/h5-8,10,18H,4,9,11-12H2,1-3H3. The van der Waals surface area contributed by atoms with Crippen LogP contribution in [0.1, 0.15) is 30.4 Å². The molecule has 0 aliphatic heterocycles. The van der Waals surface area contributed by atoms with Crippen molar-refractivity contribution in [1.29, 1.82) is 0 Å². The smallest absolute Gasteiger partial charge is 0.146 e. The van der Waals surface area contributed by atoms with Gasteiger partial charge in [-0.05, 0) is 50.7 Å². The van der Waals surface area contributed by atoms with Crippen LogP contribution in [0.2, 0.25) is 0 Å². The molecule has 0 saturated carbocycles. The Balaban J connectivity index is 1.89. The highest BCUT2D eigenvalue weighted by molar-refractivity contribution is 5.31. The molecule has 0 bridgehead atoms. The Bertz CT molecular complexity index is 546. The van der Waals surface area contributed by atoms with E-state index in [-0.39, 0.29) is 0 Å². The third-order valence-corrected chi connectivity index (χ3v) is 3.12. The molecule has 0 spiro atoms. The summed E-state index contributed by atoms with van der Waals surface area (Å²) < 4.78 is 16.9. The van der Waals surface area contributed by atoms with Gasteiger partial charge in [-0.2, -0.15) is 0 Å².